The Balaban J connectivity index is 2.68. The Kier molecular flexibility index (Phi) is 5.50. The second kappa shape index (κ2) is 6.41. The fourth-order valence-electron chi connectivity index (χ4n) is 1.86. The molecule has 1 heterocycles. The summed E-state index contributed by atoms with van der Waals surface area (Å²) < 4.78 is 0. The van der Waals surface area contributed by atoms with Crippen molar-refractivity contribution >= 4 is 11.3 Å². The number of nitrogens with one attached hydrogen (secondary N) is 1. The van der Waals surface area contributed by atoms with E-state index < -0.39 is 0 Å². The van der Waals surface area contributed by atoms with Gasteiger partial charge in [-0.1, -0.05) is 20.8 Å². The zero-order valence-corrected chi connectivity index (χ0v) is 12.1. The topological polar surface area (TPSA) is 12.0 Å². The third-order valence-corrected chi connectivity index (χ3v) is 4.28. The number of hydrogen-bond acceptors (Lipinski definition) is 2. The van der Waals surface area contributed by atoms with Gasteiger partial charge in [-0.3, -0.25) is 0 Å². The minimum Gasteiger partial charge on any atom is -0.310 e. The first-order valence-corrected chi connectivity index (χ1v) is 7.16. The summed E-state index contributed by atoms with van der Waals surface area (Å²) in [7, 11) is 0. The van der Waals surface area contributed by atoms with Gasteiger partial charge in [0, 0.05) is 15.8 Å². The van der Waals surface area contributed by atoms with Crippen molar-refractivity contribution in [3.8, 4) is 0 Å². The number of aryl methyl sites for hydroxylation is 2. The second-order valence-electron chi connectivity index (χ2n) is 4.97. The molecular weight excluding hydrogens is 214 g/mol. The van der Waals surface area contributed by atoms with Crippen LogP contribution in [0.5, 0.6) is 0 Å². The Labute approximate surface area is 104 Å². The molecule has 0 amide bonds. The van der Waals surface area contributed by atoms with Gasteiger partial charge in [0.05, 0.1) is 0 Å². The number of rotatable bonds is 6. The van der Waals surface area contributed by atoms with E-state index in [1.165, 1.54) is 28.2 Å². The van der Waals surface area contributed by atoms with Gasteiger partial charge in [-0.2, -0.15) is 0 Å². The van der Waals surface area contributed by atoms with E-state index in [1.807, 2.05) is 11.3 Å². The lowest BCUT2D eigenvalue weighted by molar-refractivity contribution is 0.453. The van der Waals surface area contributed by atoms with Crippen LogP contribution in [-0.2, 0) is 0 Å². The van der Waals surface area contributed by atoms with E-state index in [1.54, 1.807) is 0 Å². The monoisotopic (exact) mass is 239 g/mol. The minimum absolute atomic E-state index is 0.560. The summed E-state index contributed by atoms with van der Waals surface area (Å²) in [6, 6.07) is 2.91. The minimum atomic E-state index is 0.560. The quantitative estimate of drug-likeness (QED) is 0.773. The van der Waals surface area contributed by atoms with E-state index in [4.69, 9.17) is 0 Å². The molecule has 0 aliphatic rings. The molecule has 0 bridgehead atoms. The molecule has 16 heavy (non-hydrogen) atoms. The van der Waals surface area contributed by atoms with E-state index in [0.29, 0.717) is 6.04 Å². The third kappa shape index (κ3) is 3.91. The summed E-state index contributed by atoms with van der Waals surface area (Å²) in [5.41, 5.74) is 1.44. The highest BCUT2D eigenvalue weighted by Gasteiger charge is 2.14. The van der Waals surface area contributed by atoms with Gasteiger partial charge in [0.25, 0.3) is 0 Å². The average Bonchev–Trinajstić information content (AvgIpc) is 2.53. The predicted octanol–water partition coefficient (Wildman–Crippen LogP) is 4.45. The Morgan fingerprint density at radius 2 is 1.94 bits per heavy atom. The molecule has 0 saturated carbocycles. The molecule has 1 rings (SSSR count). The van der Waals surface area contributed by atoms with Gasteiger partial charge in [-0.05, 0) is 50.8 Å². The summed E-state index contributed by atoms with van der Waals surface area (Å²) in [6.07, 6.45) is 2.55. The molecule has 1 unspecified atom stereocenters. The highest BCUT2D eigenvalue weighted by Crippen LogP contribution is 2.29. The molecule has 1 atom stereocenters. The molecule has 0 saturated heterocycles. The van der Waals surface area contributed by atoms with Crippen molar-refractivity contribution in [2.24, 2.45) is 5.92 Å². The molecule has 2 heteroatoms. The van der Waals surface area contributed by atoms with E-state index >= 15 is 0 Å². The molecule has 0 radical (unpaired) electrons. The molecule has 0 aliphatic heterocycles. The molecule has 1 nitrogen and oxygen atoms in total. The molecular formula is C14H25NS. The standard InChI is InChI=1S/C14H25NS/c1-6-15-13(8-7-10(2)3)14-9-11(4)12(5)16-14/h9-10,13,15H,6-8H2,1-5H3. The zero-order chi connectivity index (χ0) is 12.1. The van der Waals surface area contributed by atoms with Gasteiger partial charge >= 0.3 is 0 Å². The van der Waals surface area contributed by atoms with Gasteiger partial charge in [0.15, 0.2) is 0 Å². The summed E-state index contributed by atoms with van der Waals surface area (Å²) in [5.74, 6) is 0.795. The lowest BCUT2D eigenvalue weighted by atomic mass is 10.0. The first kappa shape index (κ1) is 13.7. The van der Waals surface area contributed by atoms with Crippen molar-refractivity contribution < 1.29 is 0 Å². The molecule has 0 spiro atoms. The van der Waals surface area contributed by atoms with Crippen molar-refractivity contribution in [3.63, 3.8) is 0 Å². The van der Waals surface area contributed by atoms with Crippen LogP contribution in [0.4, 0.5) is 0 Å². The summed E-state index contributed by atoms with van der Waals surface area (Å²) >= 11 is 1.95. The second-order valence-corrected chi connectivity index (χ2v) is 6.26. The van der Waals surface area contributed by atoms with E-state index in [0.717, 1.165) is 12.5 Å². The van der Waals surface area contributed by atoms with Crippen LogP contribution >= 0.6 is 11.3 Å². The van der Waals surface area contributed by atoms with Crippen molar-refractivity contribution in [1.29, 1.82) is 0 Å². The molecule has 1 N–H and O–H groups in total. The fourth-order valence-corrected chi connectivity index (χ4v) is 3.02. The Morgan fingerprint density at radius 1 is 1.25 bits per heavy atom. The normalized spacial score (nSPS) is 13.4. The lowest BCUT2D eigenvalue weighted by Gasteiger charge is -2.17. The molecule has 1 aromatic heterocycles. The van der Waals surface area contributed by atoms with Crippen LogP contribution in [0.15, 0.2) is 6.07 Å². The summed E-state index contributed by atoms with van der Waals surface area (Å²) in [5, 5.41) is 3.61. The Bertz CT molecular complexity index is 295. The van der Waals surface area contributed by atoms with Gasteiger partial charge < -0.3 is 5.32 Å². The molecule has 0 aliphatic carbocycles. The molecule has 92 valence electrons. The third-order valence-electron chi connectivity index (χ3n) is 3.01. The van der Waals surface area contributed by atoms with Crippen LogP contribution in [0.2, 0.25) is 0 Å². The first-order valence-electron chi connectivity index (χ1n) is 6.34. The van der Waals surface area contributed by atoms with Crippen LogP contribution in [0, 0.1) is 19.8 Å². The smallest absolute Gasteiger partial charge is 0.0414 e. The Hall–Kier alpha value is -0.340. The highest BCUT2D eigenvalue weighted by atomic mass is 32.1. The van der Waals surface area contributed by atoms with Crippen molar-refractivity contribution in [2.75, 3.05) is 6.54 Å². The summed E-state index contributed by atoms with van der Waals surface area (Å²) in [4.78, 5) is 2.97. The van der Waals surface area contributed by atoms with Gasteiger partial charge in [-0.25, -0.2) is 0 Å². The van der Waals surface area contributed by atoms with Crippen LogP contribution in [0.1, 0.15) is 55.0 Å². The van der Waals surface area contributed by atoms with Gasteiger partial charge in [0.1, 0.15) is 0 Å². The van der Waals surface area contributed by atoms with Crippen molar-refractivity contribution in [3.05, 3.63) is 21.4 Å². The largest absolute Gasteiger partial charge is 0.310 e. The predicted molar refractivity (Wildman–Crippen MR) is 74.3 cm³/mol. The van der Waals surface area contributed by atoms with Crippen molar-refractivity contribution in [2.45, 2.75) is 53.5 Å². The fraction of sp³-hybridized carbons (Fsp3) is 0.714. The first-order chi connectivity index (χ1) is 7.54. The van der Waals surface area contributed by atoms with E-state index in [9.17, 15) is 0 Å². The molecule has 0 aromatic carbocycles. The summed E-state index contributed by atoms with van der Waals surface area (Å²) in [6.45, 7) is 12.3. The number of thiophene rings is 1. The average molecular weight is 239 g/mol. The van der Waals surface area contributed by atoms with Gasteiger partial charge in [0.2, 0.25) is 0 Å². The maximum absolute atomic E-state index is 3.61. The maximum atomic E-state index is 3.61. The lowest BCUT2D eigenvalue weighted by Crippen LogP contribution is -2.20. The Morgan fingerprint density at radius 3 is 2.38 bits per heavy atom. The zero-order valence-electron chi connectivity index (χ0n) is 11.3. The molecule has 1 aromatic rings. The van der Waals surface area contributed by atoms with E-state index in [2.05, 4.69) is 46.0 Å². The van der Waals surface area contributed by atoms with Crippen LogP contribution < -0.4 is 5.32 Å². The molecule has 0 fully saturated rings. The van der Waals surface area contributed by atoms with E-state index in [-0.39, 0.29) is 0 Å². The van der Waals surface area contributed by atoms with Crippen LogP contribution in [-0.4, -0.2) is 6.54 Å². The van der Waals surface area contributed by atoms with Gasteiger partial charge in [-0.15, -0.1) is 11.3 Å². The maximum Gasteiger partial charge on any atom is 0.0414 e. The van der Waals surface area contributed by atoms with Crippen molar-refractivity contribution in [1.82, 2.24) is 5.32 Å². The van der Waals surface area contributed by atoms with Crippen LogP contribution in [0.3, 0.4) is 0 Å². The highest BCUT2D eigenvalue weighted by molar-refractivity contribution is 7.12. The van der Waals surface area contributed by atoms with Crippen LogP contribution in [0.25, 0.3) is 0 Å². The SMILES string of the molecule is CCNC(CCC(C)C)c1cc(C)c(C)s1. The number of hydrogen-bond donors (Lipinski definition) is 1.